The first-order valence-electron chi connectivity index (χ1n) is 9.20. The predicted octanol–water partition coefficient (Wildman–Crippen LogP) is 2.01. The standard InChI is InChI=1S/C18H34N4O2.HI/c1-15(2)13-22-9-6-16(7-10-22)21-18(19-3)20-8-12-23-14-17-5-4-11-24-17;/h16-17H,1,4-14H2,2-3H3,(H2,19,20,21);1H. The van der Waals surface area contributed by atoms with E-state index in [2.05, 4.69) is 34.0 Å². The van der Waals surface area contributed by atoms with E-state index in [0.717, 1.165) is 64.4 Å². The number of piperidine rings is 1. The molecule has 2 aliphatic heterocycles. The molecule has 0 amide bonds. The zero-order valence-electron chi connectivity index (χ0n) is 15.8. The quantitative estimate of drug-likeness (QED) is 0.189. The summed E-state index contributed by atoms with van der Waals surface area (Å²) in [6.07, 6.45) is 4.87. The van der Waals surface area contributed by atoms with Gasteiger partial charge in [0, 0.05) is 45.9 Å². The largest absolute Gasteiger partial charge is 0.377 e. The molecule has 2 heterocycles. The molecule has 2 saturated heterocycles. The summed E-state index contributed by atoms with van der Waals surface area (Å²) in [6, 6.07) is 0.491. The van der Waals surface area contributed by atoms with Crippen LogP contribution in [0.1, 0.15) is 32.6 Å². The van der Waals surface area contributed by atoms with Gasteiger partial charge in [-0.15, -0.1) is 24.0 Å². The van der Waals surface area contributed by atoms with Gasteiger partial charge < -0.3 is 20.1 Å². The van der Waals surface area contributed by atoms with Crippen LogP contribution in [0.15, 0.2) is 17.1 Å². The van der Waals surface area contributed by atoms with Crippen molar-refractivity contribution in [1.82, 2.24) is 15.5 Å². The van der Waals surface area contributed by atoms with E-state index in [9.17, 15) is 0 Å². The highest BCUT2D eigenvalue weighted by Gasteiger charge is 2.19. The fourth-order valence-corrected chi connectivity index (χ4v) is 3.24. The van der Waals surface area contributed by atoms with Crippen molar-refractivity contribution in [3.05, 3.63) is 12.2 Å². The van der Waals surface area contributed by atoms with Gasteiger partial charge in [-0.05, 0) is 32.6 Å². The third-order valence-corrected chi connectivity index (χ3v) is 4.51. The number of hydrogen-bond donors (Lipinski definition) is 2. The molecule has 2 aliphatic rings. The molecule has 7 heteroatoms. The summed E-state index contributed by atoms with van der Waals surface area (Å²) in [7, 11) is 1.82. The molecule has 6 nitrogen and oxygen atoms in total. The lowest BCUT2D eigenvalue weighted by Gasteiger charge is -2.33. The number of ether oxygens (including phenoxy) is 2. The summed E-state index contributed by atoms with van der Waals surface area (Å²) in [5, 5.41) is 6.85. The molecule has 0 aliphatic carbocycles. The SMILES string of the molecule is C=C(C)CN1CCC(NC(=NC)NCCOCC2CCCO2)CC1.I. The lowest BCUT2D eigenvalue weighted by atomic mass is 10.0. The topological polar surface area (TPSA) is 58.1 Å². The van der Waals surface area contributed by atoms with E-state index in [-0.39, 0.29) is 24.0 Å². The predicted molar refractivity (Wildman–Crippen MR) is 114 cm³/mol. The Bertz CT molecular complexity index is 406. The van der Waals surface area contributed by atoms with Gasteiger partial charge in [0.2, 0.25) is 0 Å². The van der Waals surface area contributed by atoms with Gasteiger partial charge in [-0.2, -0.15) is 0 Å². The molecule has 0 bridgehead atoms. The Labute approximate surface area is 169 Å². The Kier molecular flexibility index (Phi) is 11.7. The number of nitrogens with zero attached hydrogens (tertiary/aromatic N) is 2. The van der Waals surface area contributed by atoms with Gasteiger partial charge in [-0.3, -0.25) is 9.89 Å². The molecule has 0 aromatic heterocycles. The van der Waals surface area contributed by atoms with Crippen molar-refractivity contribution in [1.29, 1.82) is 0 Å². The molecule has 146 valence electrons. The van der Waals surface area contributed by atoms with E-state index >= 15 is 0 Å². The molecular formula is C18H35IN4O2. The van der Waals surface area contributed by atoms with Gasteiger partial charge in [0.1, 0.15) is 0 Å². The van der Waals surface area contributed by atoms with E-state index in [1.54, 1.807) is 0 Å². The molecule has 0 saturated carbocycles. The number of rotatable bonds is 8. The Hall–Kier alpha value is -0.380. The highest BCUT2D eigenvalue weighted by atomic mass is 127. The summed E-state index contributed by atoms with van der Waals surface area (Å²) in [6.45, 7) is 12.4. The first-order valence-corrected chi connectivity index (χ1v) is 9.20. The van der Waals surface area contributed by atoms with E-state index in [0.29, 0.717) is 25.4 Å². The number of guanidine groups is 1. The normalized spacial score (nSPS) is 22.5. The van der Waals surface area contributed by atoms with Gasteiger partial charge in [0.05, 0.1) is 19.3 Å². The monoisotopic (exact) mass is 466 g/mol. The first-order chi connectivity index (χ1) is 11.7. The van der Waals surface area contributed by atoms with E-state index < -0.39 is 0 Å². The third-order valence-electron chi connectivity index (χ3n) is 4.51. The summed E-state index contributed by atoms with van der Waals surface area (Å²) in [5.41, 5.74) is 1.24. The maximum atomic E-state index is 5.67. The second-order valence-electron chi connectivity index (χ2n) is 6.86. The van der Waals surface area contributed by atoms with Crippen molar-refractivity contribution < 1.29 is 9.47 Å². The number of nitrogens with one attached hydrogen (secondary N) is 2. The fraction of sp³-hybridized carbons (Fsp3) is 0.833. The first kappa shape index (κ1) is 22.7. The van der Waals surface area contributed by atoms with E-state index in [1.807, 2.05) is 7.05 Å². The van der Waals surface area contributed by atoms with Gasteiger partial charge in [-0.25, -0.2) is 0 Å². The lowest BCUT2D eigenvalue weighted by molar-refractivity contribution is 0.0191. The number of hydrogen-bond acceptors (Lipinski definition) is 4. The van der Waals surface area contributed by atoms with Crippen molar-refractivity contribution in [2.24, 2.45) is 4.99 Å². The van der Waals surface area contributed by atoms with Crippen molar-refractivity contribution >= 4 is 29.9 Å². The molecule has 0 spiro atoms. The summed E-state index contributed by atoms with van der Waals surface area (Å²) < 4.78 is 11.2. The molecule has 1 atom stereocenters. The van der Waals surface area contributed by atoms with Crippen LogP contribution in [0, 0.1) is 0 Å². The summed E-state index contributed by atoms with van der Waals surface area (Å²) >= 11 is 0. The molecule has 2 N–H and O–H groups in total. The van der Waals surface area contributed by atoms with Crippen LogP contribution in [-0.2, 0) is 9.47 Å². The molecule has 2 fully saturated rings. The second kappa shape index (κ2) is 12.9. The van der Waals surface area contributed by atoms with Crippen molar-refractivity contribution in [3.63, 3.8) is 0 Å². The average molecular weight is 466 g/mol. The number of halogens is 1. The molecule has 0 aromatic rings. The van der Waals surface area contributed by atoms with Crippen LogP contribution in [0.4, 0.5) is 0 Å². The average Bonchev–Trinajstić information content (AvgIpc) is 3.08. The highest BCUT2D eigenvalue weighted by molar-refractivity contribution is 14.0. The van der Waals surface area contributed by atoms with Crippen LogP contribution >= 0.6 is 24.0 Å². The van der Waals surface area contributed by atoms with Crippen molar-refractivity contribution in [2.75, 3.05) is 53.0 Å². The Morgan fingerprint density at radius 3 is 2.68 bits per heavy atom. The molecule has 2 rings (SSSR count). The van der Waals surface area contributed by atoms with Crippen molar-refractivity contribution in [3.8, 4) is 0 Å². The van der Waals surface area contributed by atoms with Crippen LogP contribution in [0.25, 0.3) is 0 Å². The summed E-state index contributed by atoms with van der Waals surface area (Å²) in [4.78, 5) is 6.78. The number of likely N-dealkylation sites (tertiary alicyclic amines) is 1. The zero-order valence-corrected chi connectivity index (χ0v) is 18.1. The maximum absolute atomic E-state index is 5.67. The van der Waals surface area contributed by atoms with Crippen LogP contribution in [0.5, 0.6) is 0 Å². The molecule has 0 radical (unpaired) electrons. The molecule has 0 aromatic carbocycles. The van der Waals surface area contributed by atoms with Crippen LogP contribution in [0.2, 0.25) is 0 Å². The minimum atomic E-state index is 0. The van der Waals surface area contributed by atoms with Gasteiger partial charge in [-0.1, -0.05) is 12.2 Å². The zero-order chi connectivity index (χ0) is 17.2. The van der Waals surface area contributed by atoms with Gasteiger partial charge in [0.15, 0.2) is 5.96 Å². The lowest BCUT2D eigenvalue weighted by Crippen LogP contribution is -2.49. The van der Waals surface area contributed by atoms with Crippen LogP contribution in [0.3, 0.4) is 0 Å². The van der Waals surface area contributed by atoms with E-state index in [4.69, 9.17) is 9.47 Å². The van der Waals surface area contributed by atoms with Crippen molar-refractivity contribution in [2.45, 2.75) is 44.8 Å². The van der Waals surface area contributed by atoms with Gasteiger partial charge >= 0.3 is 0 Å². The number of aliphatic imine (C=N–C) groups is 1. The van der Waals surface area contributed by atoms with Crippen LogP contribution < -0.4 is 10.6 Å². The smallest absolute Gasteiger partial charge is 0.191 e. The Morgan fingerprint density at radius 1 is 1.32 bits per heavy atom. The van der Waals surface area contributed by atoms with E-state index in [1.165, 1.54) is 5.57 Å². The molecule has 25 heavy (non-hydrogen) atoms. The molecule has 1 unspecified atom stereocenters. The fourth-order valence-electron chi connectivity index (χ4n) is 3.24. The van der Waals surface area contributed by atoms with Gasteiger partial charge in [0.25, 0.3) is 0 Å². The Morgan fingerprint density at radius 2 is 2.08 bits per heavy atom. The minimum absolute atomic E-state index is 0. The molecular weight excluding hydrogens is 431 g/mol. The third kappa shape index (κ3) is 9.21. The second-order valence-corrected chi connectivity index (χ2v) is 6.86. The maximum Gasteiger partial charge on any atom is 0.191 e. The summed E-state index contributed by atoms with van der Waals surface area (Å²) in [5.74, 6) is 0.870. The minimum Gasteiger partial charge on any atom is -0.377 e. The van der Waals surface area contributed by atoms with Crippen LogP contribution in [-0.4, -0.2) is 76.1 Å². The highest BCUT2D eigenvalue weighted by Crippen LogP contribution is 2.12. The Balaban J connectivity index is 0.00000312.